The molecular formula is C25H32N6O2. The van der Waals surface area contributed by atoms with Crippen LogP contribution in [0.3, 0.4) is 0 Å². The second-order valence-electron chi connectivity index (χ2n) is 9.33. The quantitative estimate of drug-likeness (QED) is 0.478. The van der Waals surface area contributed by atoms with E-state index in [-0.39, 0.29) is 17.6 Å². The van der Waals surface area contributed by atoms with Crippen LogP contribution in [0.15, 0.2) is 35.5 Å². The van der Waals surface area contributed by atoms with Gasteiger partial charge in [0.2, 0.25) is 0 Å². The third-order valence-electron chi connectivity index (χ3n) is 6.77. The first-order valence-corrected chi connectivity index (χ1v) is 11.9. The lowest BCUT2D eigenvalue weighted by molar-refractivity contribution is 0.178. The number of methoxy groups -OCH3 is 1. The van der Waals surface area contributed by atoms with E-state index in [0.29, 0.717) is 11.4 Å². The van der Waals surface area contributed by atoms with Gasteiger partial charge in [0.15, 0.2) is 11.4 Å². The number of aromatic nitrogens is 5. The Morgan fingerprint density at radius 2 is 2.12 bits per heavy atom. The number of pyridine rings is 1. The van der Waals surface area contributed by atoms with Crippen molar-refractivity contribution in [2.75, 3.05) is 26.7 Å². The summed E-state index contributed by atoms with van der Waals surface area (Å²) >= 11 is 0. The van der Waals surface area contributed by atoms with Crippen LogP contribution < -0.4 is 10.4 Å². The van der Waals surface area contributed by atoms with Crippen molar-refractivity contribution >= 4 is 16.7 Å². The second kappa shape index (κ2) is 8.67. The van der Waals surface area contributed by atoms with Crippen molar-refractivity contribution in [2.45, 2.75) is 52.0 Å². The summed E-state index contributed by atoms with van der Waals surface area (Å²) in [6, 6.07) is 6.50. The molecular weight excluding hydrogens is 416 g/mol. The zero-order valence-corrected chi connectivity index (χ0v) is 19.8. The van der Waals surface area contributed by atoms with E-state index in [0.717, 1.165) is 61.1 Å². The second-order valence-corrected chi connectivity index (χ2v) is 9.33. The van der Waals surface area contributed by atoms with Crippen LogP contribution >= 0.6 is 0 Å². The molecule has 0 unspecified atom stereocenters. The first-order valence-electron chi connectivity index (χ1n) is 11.9. The van der Waals surface area contributed by atoms with Gasteiger partial charge in [-0.2, -0.15) is 5.10 Å². The molecule has 8 heteroatoms. The topological polar surface area (TPSA) is 80.5 Å². The van der Waals surface area contributed by atoms with Crippen molar-refractivity contribution in [3.8, 4) is 16.9 Å². The summed E-state index contributed by atoms with van der Waals surface area (Å²) in [7, 11) is 1.64. The van der Waals surface area contributed by atoms with Crippen molar-refractivity contribution in [3.05, 3.63) is 46.8 Å². The van der Waals surface area contributed by atoms with Gasteiger partial charge in [-0.15, -0.1) is 0 Å². The molecule has 0 saturated carbocycles. The summed E-state index contributed by atoms with van der Waals surface area (Å²) in [5.41, 5.74) is 5.76. The van der Waals surface area contributed by atoms with Crippen LogP contribution in [0.25, 0.3) is 27.8 Å². The van der Waals surface area contributed by atoms with Gasteiger partial charge in [-0.1, -0.05) is 20.8 Å². The fourth-order valence-electron chi connectivity index (χ4n) is 5.23. The van der Waals surface area contributed by atoms with E-state index in [2.05, 4.69) is 52.9 Å². The maximum Gasteiger partial charge on any atom is 0.326 e. The highest BCUT2D eigenvalue weighted by molar-refractivity contribution is 5.85. The summed E-state index contributed by atoms with van der Waals surface area (Å²) in [4.78, 5) is 23.0. The van der Waals surface area contributed by atoms with Gasteiger partial charge in [0, 0.05) is 18.3 Å². The van der Waals surface area contributed by atoms with Gasteiger partial charge in [-0.3, -0.25) is 4.57 Å². The first kappa shape index (κ1) is 21.7. The number of fused-ring (bicyclic) bond motifs is 2. The van der Waals surface area contributed by atoms with Crippen molar-refractivity contribution in [1.82, 2.24) is 29.0 Å². The van der Waals surface area contributed by atoms with Gasteiger partial charge >= 0.3 is 5.69 Å². The lowest BCUT2D eigenvalue weighted by Crippen LogP contribution is -2.39. The number of likely N-dealkylation sites (tertiary alicyclic amines) is 1. The van der Waals surface area contributed by atoms with Crippen molar-refractivity contribution < 1.29 is 4.74 Å². The number of hydrogen-bond donors (Lipinski definition) is 1. The van der Waals surface area contributed by atoms with E-state index in [1.165, 1.54) is 11.9 Å². The SMILES string of the molecule is CCCN1CCC[C@H](n2c(=O)[nH]c3cc(-c4cc(OC)c5ncnn5c4)c(C(C)C)cc32)C1. The summed E-state index contributed by atoms with van der Waals surface area (Å²) in [5, 5.41) is 4.31. The molecule has 0 spiro atoms. The zero-order chi connectivity index (χ0) is 23.1. The summed E-state index contributed by atoms with van der Waals surface area (Å²) in [6.45, 7) is 9.73. The van der Waals surface area contributed by atoms with E-state index in [1.54, 1.807) is 11.6 Å². The van der Waals surface area contributed by atoms with Crippen molar-refractivity contribution in [2.24, 2.45) is 0 Å². The average Bonchev–Trinajstić information content (AvgIpc) is 3.40. The molecule has 1 fully saturated rings. The highest BCUT2D eigenvalue weighted by atomic mass is 16.5. The molecule has 4 aromatic rings. The van der Waals surface area contributed by atoms with Crippen LogP contribution in [-0.2, 0) is 0 Å². The molecule has 1 atom stereocenters. The molecule has 4 heterocycles. The summed E-state index contributed by atoms with van der Waals surface area (Å²) in [6.07, 6.45) is 6.78. The van der Waals surface area contributed by atoms with Gasteiger partial charge < -0.3 is 14.6 Å². The number of H-pyrrole nitrogens is 1. The maximum atomic E-state index is 13.1. The molecule has 33 heavy (non-hydrogen) atoms. The third kappa shape index (κ3) is 3.82. The van der Waals surface area contributed by atoms with E-state index in [9.17, 15) is 4.79 Å². The van der Waals surface area contributed by atoms with Crippen LogP contribution in [0, 0.1) is 0 Å². The van der Waals surface area contributed by atoms with E-state index >= 15 is 0 Å². The zero-order valence-electron chi connectivity index (χ0n) is 19.8. The lowest BCUT2D eigenvalue weighted by Gasteiger charge is -2.33. The number of piperidine rings is 1. The standard InChI is InChI=1S/C25H32N6O2/c1-5-8-29-9-6-7-18(14-29)31-22-12-19(16(2)3)20(11-21(22)28-25(31)32)17-10-23(33-4)24-26-15-27-30(24)13-17/h10-13,15-16,18H,5-9,14H2,1-4H3,(H,28,32)/t18-/m0/s1. The molecule has 5 rings (SSSR count). The van der Waals surface area contributed by atoms with Crippen LogP contribution in [0.1, 0.15) is 57.6 Å². The van der Waals surface area contributed by atoms with Gasteiger partial charge in [-0.25, -0.2) is 14.3 Å². The molecule has 8 nitrogen and oxygen atoms in total. The maximum absolute atomic E-state index is 13.1. The number of nitrogens with zero attached hydrogens (tertiary/aromatic N) is 5. The number of rotatable bonds is 6. The summed E-state index contributed by atoms with van der Waals surface area (Å²) in [5.74, 6) is 0.951. The number of benzene rings is 1. The van der Waals surface area contributed by atoms with E-state index < -0.39 is 0 Å². The highest BCUT2D eigenvalue weighted by Gasteiger charge is 2.25. The number of aromatic amines is 1. The van der Waals surface area contributed by atoms with Crippen LogP contribution in [0.4, 0.5) is 0 Å². The predicted molar refractivity (Wildman–Crippen MR) is 130 cm³/mol. The minimum atomic E-state index is -0.0236. The number of imidazole rings is 1. The number of hydrogen-bond acceptors (Lipinski definition) is 5. The number of nitrogens with one attached hydrogen (secondary N) is 1. The van der Waals surface area contributed by atoms with Crippen LogP contribution in [-0.4, -0.2) is 55.8 Å². The van der Waals surface area contributed by atoms with Crippen LogP contribution in [0.2, 0.25) is 0 Å². The Morgan fingerprint density at radius 3 is 2.88 bits per heavy atom. The molecule has 0 bridgehead atoms. The van der Waals surface area contributed by atoms with Crippen LogP contribution in [0.5, 0.6) is 5.75 Å². The van der Waals surface area contributed by atoms with Gasteiger partial charge in [-0.05, 0) is 67.6 Å². The van der Waals surface area contributed by atoms with E-state index in [1.807, 2.05) is 16.8 Å². The fourth-order valence-corrected chi connectivity index (χ4v) is 5.23. The van der Waals surface area contributed by atoms with Crippen molar-refractivity contribution in [3.63, 3.8) is 0 Å². The summed E-state index contributed by atoms with van der Waals surface area (Å²) < 4.78 is 9.31. The normalized spacial score (nSPS) is 17.4. The predicted octanol–water partition coefficient (Wildman–Crippen LogP) is 4.22. The van der Waals surface area contributed by atoms with Gasteiger partial charge in [0.25, 0.3) is 0 Å². The molecule has 1 saturated heterocycles. The fraction of sp³-hybridized carbons (Fsp3) is 0.480. The van der Waals surface area contributed by atoms with E-state index in [4.69, 9.17) is 4.74 Å². The Hall–Kier alpha value is -3.13. The van der Waals surface area contributed by atoms with Gasteiger partial charge in [0.05, 0.1) is 24.2 Å². The Bertz CT molecular complexity index is 1350. The molecule has 0 radical (unpaired) electrons. The smallest absolute Gasteiger partial charge is 0.326 e. The minimum absolute atomic E-state index is 0.0236. The van der Waals surface area contributed by atoms with Gasteiger partial charge in [0.1, 0.15) is 6.33 Å². The number of ether oxygens (including phenoxy) is 1. The Labute approximate surface area is 193 Å². The largest absolute Gasteiger partial charge is 0.493 e. The average molecular weight is 449 g/mol. The molecule has 1 aromatic carbocycles. The first-order chi connectivity index (χ1) is 16.0. The molecule has 1 aliphatic heterocycles. The molecule has 0 aliphatic carbocycles. The monoisotopic (exact) mass is 448 g/mol. The minimum Gasteiger partial charge on any atom is -0.493 e. The third-order valence-corrected chi connectivity index (χ3v) is 6.77. The molecule has 3 aromatic heterocycles. The Morgan fingerprint density at radius 1 is 1.27 bits per heavy atom. The Kier molecular flexibility index (Phi) is 5.70. The lowest BCUT2D eigenvalue weighted by atomic mass is 9.92. The molecule has 1 aliphatic rings. The van der Waals surface area contributed by atoms with Crippen molar-refractivity contribution in [1.29, 1.82) is 0 Å². The molecule has 0 amide bonds. The Balaban J connectivity index is 1.65. The highest BCUT2D eigenvalue weighted by Crippen LogP contribution is 2.36. The molecule has 174 valence electrons. The molecule has 1 N–H and O–H groups in total.